The second-order valence-electron chi connectivity index (χ2n) is 6.73. The van der Waals surface area contributed by atoms with Crippen molar-refractivity contribution >= 4 is 17.3 Å². The van der Waals surface area contributed by atoms with E-state index < -0.39 is 0 Å². The van der Waals surface area contributed by atoms with Crippen LogP contribution in [0.1, 0.15) is 31.7 Å². The Morgan fingerprint density at radius 2 is 1.90 bits per heavy atom. The van der Waals surface area contributed by atoms with E-state index in [1.54, 1.807) is 6.92 Å². The molecule has 2 bridgehead atoms. The first-order chi connectivity index (χ1) is 10.2. The summed E-state index contributed by atoms with van der Waals surface area (Å²) < 4.78 is 0. The van der Waals surface area contributed by atoms with Crippen LogP contribution in [-0.4, -0.2) is 16.8 Å². The van der Waals surface area contributed by atoms with Crippen LogP contribution in [0.2, 0.25) is 0 Å². The van der Waals surface area contributed by atoms with Crippen LogP contribution in [0.3, 0.4) is 0 Å². The second kappa shape index (κ2) is 4.58. The highest BCUT2D eigenvalue weighted by atomic mass is 16.4. The van der Waals surface area contributed by atoms with Gasteiger partial charge in [0, 0.05) is 17.2 Å². The smallest absolute Gasteiger partial charge is 0.228 e. The lowest BCUT2D eigenvalue weighted by molar-refractivity contribution is -0.118. The van der Waals surface area contributed by atoms with E-state index in [0.717, 1.165) is 23.1 Å². The molecule has 4 heteroatoms. The van der Waals surface area contributed by atoms with Crippen LogP contribution in [0, 0.1) is 29.6 Å². The molecule has 4 atom stereocenters. The zero-order valence-corrected chi connectivity index (χ0v) is 12.1. The van der Waals surface area contributed by atoms with Gasteiger partial charge in [0.25, 0.3) is 0 Å². The van der Waals surface area contributed by atoms with Crippen molar-refractivity contribution in [2.75, 3.05) is 5.32 Å². The van der Waals surface area contributed by atoms with Gasteiger partial charge in [-0.05, 0) is 55.9 Å². The lowest BCUT2D eigenvalue weighted by Gasteiger charge is -2.12. The predicted molar refractivity (Wildman–Crippen MR) is 80.4 cm³/mol. The molecule has 3 aliphatic rings. The molecule has 1 aromatic rings. The van der Waals surface area contributed by atoms with Crippen molar-refractivity contribution in [2.45, 2.75) is 26.2 Å². The predicted octanol–water partition coefficient (Wildman–Crippen LogP) is 3.12. The van der Waals surface area contributed by atoms with E-state index in [2.05, 4.69) is 10.5 Å². The summed E-state index contributed by atoms with van der Waals surface area (Å²) in [6.07, 6.45) is 4.00. The fourth-order valence-corrected chi connectivity index (χ4v) is 4.85. The third kappa shape index (κ3) is 1.88. The number of amides is 1. The van der Waals surface area contributed by atoms with Crippen molar-refractivity contribution < 1.29 is 10.0 Å². The summed E-state index contributed by atoms with van der Waals surface area (Å²) in [5, 5.41) is 15.3. The molecule has 0 aromatic heterocycles. The molecule has 0 saturated heterocycles. The van der Waals surface area contributed by atoms with E-state index in [-0.39, 0.29) is 11.8 Å². The van der Waals surface area contributed by atoms with Gasteiger partial charge < -0.3 is 10.5 Å². The summed E-state index contributed by atoms with van der Waals surface area (Å²) in [6.45, 7) is 1.73. The van der Waals surface area contributed by atoms with E-state index in [1.807, 2.05) is 24.3 Å². The minimum absolute atomic E-state index is 0.153. The van der Waals surface area contributed by atoms with Crippen LogP contribution in [0.25, 0.3) is 0 Å². The molecule has 1 amide bonds. The van der Waals surface area contributed by atoms with Gasteiger partial charge in [0.15, 0.2) is 0 Å². The first-order valence-electron chi connectivity index (χ1n) is 7.79. The van der Waals surface area contributed by atoms with E-state index in [1.165, 1.54) is 19.3 Å². The van der Waals surface area contributed by atoms with Crippen LogP contribution in [0.15, 0.2) is 29.4 Å². The molecule has 21 heavy (non-hydrogen) atoms. The summed E-state index contributed by atoms with van der Waals surface area (Å²) in [5.74, 6) is 3.25. The minimum atomic E-state index is 0.153. The zero-order chi connectivity index (χ0) is 14.6. The van der Waals surface area contributed by atoms with Crippen molar-refractivity contribution in [2.24, 2.45) is 34.7 Å². The van der Waals surface area contributed by atoms with Gasteiger partial charge in [-0.1, -0.05) is 23.4 Å². The summed E-state index contributed by atoms with van der Waals surface area (Å²) in [5.41, 5.74) is 2.04. The number of nitrogens with zero attached hydrogens (tertiary/aromatic N) is 1. The highest BCUT2D eigenvalue weighted by Gasteiger charge is 2.67. The maximum Gasteiger partial charge on any atom is 0.228 e. The van der Waals surface area contributed by atoms with Crippen LogP contribution in [0.4, 0.5) is 5.69 Å². The van der Waals surface area contributed by atoms with Gasteiger partial charge in [0.2, 0.25) is 5.91 Å². The maximum atomic E-state index is 12.6. The van der Waals surface area contributed by atoms with Gasteiger partial charge in [0.1, 0.15) is 0 Å². The maximum absolute atomic E-state index is 12.6. The average Bonchev–Trinajstić information content (AvgIpc) is 2.96. The Morgan fingerprint density at radius 3 is 2.57 bits per heavy atom. The monoisotopic (exact) mass is 284 g/mol. The summed E-state index contributed by atoms with van der Waals surface area (Å²) in [7, 11) is 0. The normalized spacial score (nSPS) is 36.4. The molecule has 0 aliphatic heterocycles. The molecule has 3 aliphatic carbocycles. The quantitative estimate of drug-likeness (QED) is 0.509. The first-order valence-corrected chi connectivity index (χ1v) is 7.79. The van der Waals surface area contributed by atoms with Crippen molar-refractivity contribution in [1.82, 2.24) is 0 Å². The summed E-state index contributed by atoms with van der Waals surface area (Å²) >= 11 is 0. The minimum Gasteiger partial charge on any atom is -0.411 e. The molecule has 4 nitrogen and oxygen atoms in total. The van der Waals surface area contributed by atoms with Crippen LogP contribution in [0.5, 0.6) is 0 Å². The average molecular weight is 284 g/mol. The Labute approximate surface area is 124 Å². The van der Waals surface area contributed by atoms with Gasteiger partial charge in [-0.3, -0.25) is 4.79 Å². The SMILES string of the molecule is C/C(=N/O)c1ccccc1NC(=O)C1C2C3CCC(C3)C12. The Balaban J connectivity index is 1.51. The number of rotatable bonds is 3. The number of carbonyl (C=O) groups is 1. The molecular weight excluding hydrogens is 264 g/mol. The van der Waals surface area contributed by atoms with Crippen LogP contribution in [-0.2, 0) is 4.79 Å². The fourth-order valence-electron chi connectivity index (χ4n) is 4.85. The number of para-hydroxylation sites is 1. The molecule has 3 fully saturated rings. The standard InChI is InChI=1S/C17H20N2O2/c1-9(19-21)12-4-2-3-5-13(12)18-17(20)16-14-10-6-7-11(8-10)15(14)16/h2-5,10-11,14-16,21H,6-8H2,1H3,(H,18,20)/b19-9-. The topological polar surface area (TPSA) is 61.7 Å². The lowest BCUT2D eigenvalue weighted by atomic mass is 10.0. The summed E-state index contributed by atoms with van der Waals surface area (Å²) in [6, 6.07) is 7.50. The van der Waals surface area contributed by atoms with Gasteiger partial charge in [-0.2, -0.15) is 0 Å². The number of nitrogens with one attached hydrogen (secondary N) is 1. The third-order valence-electron chi connectivity index (χ3n) is 5.76. The Hall–Kier alpha value is -1.84. The van der Waals surface area contributed by atoms with Gasteiger partial charge in [0.05, 0.1) is 5.71 Å². The molecule has 0 spiro atoms. The second-order valence-corrected chi connectivity index (χ2v) is 6.73. The van der Waals surface area contributed by atoms with Crippen LogP contribution < -0.4 is 5.32 Å². The molecule has 1 aromatic carbocycles. The molecule has 0 radical (unpaired) electrons. The number of carbonyl (C=O) groups excluding carboxylic acids is 1. The lowest BCUT2D eigenvalue weighted by Crippen LogP contribution is -2.20. The van der Waals surface area contributed by atoms with Crippen molar-refractivity contribution in [1.29, 1.82) is 0 Å². The summed E-state index contributed by atoms with van der Waals surface area (Å²) in [4.78, 5) is 12.6. The van der Waals surface area contributed by atoms with E-state index >= 15 is 0 Å². The number of benzene rings is 1. The molecular formula is C17H20N2O2. The van der Waals surface area contributed by atoms with Gasteiger partial charge in [-0.25, -0.2) is 0 Å². The first kappa shape index (κ1) is 12.9. The largest absolute Gasteiger partial charge is 0.411 e. The van der Waals surface area contributed by atoms with Crippen molar-refractivity contribution in [3.8, 4) is 0 Å². The molecule has 3 saturated carbocycles. The van der Waals surface area contributed by atoms with E-state index in [4.69, 9.17) is 5.21 Å². The molecule has 110 valence electrons. The van der Waals surface area contributed by atoms with E-state index in [0.29, 0.717) is 17.5 Å². The number of fused-ring (bicyclic) bond motifs is 5. The highest BCUT2D eigenvalue weighted by Crippen LogP contribution is 2.69. The van der Waals surface area contributed by atoms with Crippen molar-refractivity contribution in [3.05, 3.63) is 29.8 Å². The number of hydrogen-bond donors (Lipinski definition) is 2. The molecule has 4 rings (SSSR count). The Kier molecular flexibility index (Phi) is 2.81. The van der Waals surface area contributed by atoms with Crippen molar-refractivity contribution in [3.63, 3.8) is 0 Å². The Morgan fingerprint density at radius 1 is 1.24 bits per heavy atom. The highest BCUT2D eigenvalue weighted by molar-refractivity contribution is 6.07. The Bertz CT molecular complexity index is 609. The fraction of sp³-hybridized carbons (Fsp3) is 0.529. The zero-order valence-electron chi connectivity index (χ0n) is 12.1. The van der Waals surface area contributed by atoms with Gasteiger partial charge in [-0.15, -0.1) is 0 Å². The van der Waals surface area contributed by atoms with Crippen LogP contribution >= 0.6 is 0 Å². The van der Waals surface area contributed by atoms with Gasteiger partial charge >= 0.3 is 0 Å². The molecule has 4 unspecified atom stereocenters. The third-order valence-corrected chi connectivity index (χ3v) is 5.76. The number of anilines is 1. The molecule has 2 N–H and O–H groups in total. The van der Waals surface area contributed by atoms with E-state index in [9.17, 15) is 4.79 Å². The molecule has 0 heterocycles. The number of oxime groups is 1. The number of hydrogen-bond acceptors (Lipinski definition) is 3.